The van der Waals surface area contributed by atoms with E-state index >= 15 is 0 Å². The van der Waals surface area contributed by atoms with E-state index in [1.807, 2.05) is 0 Å². The van der Waals surface area contributed by atoms with Crippen molar-refractivity contribution in [1.82, 2.24) is 0 Å². The molecule has 0 radical (unpaired) electrons. The van der Waals surface area contributed by atoms with E-state index in [4.69, 9.17) is 18.0 Å². The van der Waals surface area contributed by atoms with Crippen LogP contribution in [0.25, 0.3) is 0 Å². The first kappa shape index (κ1) is 29.5. The predicted octanol–water partition coefficient (Wildman–Crippen LogP) is -10.5. The Morgan fingerprint density at radius 3 is 1.00 bits per heavy atom. The quantitative estimate of drug-likeness (QED) is 0.287. The fourth-order valence-electron chi connectivity index (χ4n) is 0. The normalized spacial score (nSPS) is 4.56. The van der Waals surface area contributed by atoms with Gasteiger partial charge in [-0.25, -0.2) is 11.9 Å². The molecule has 0 aliphatic carbocycles. The van der Waals surface area contributed by atoms with Crippen LogP contribution in [0.2, 0.25) is 0 Å². The molecule has 0 saturated carbocycles. The largest absolute Gasteiger partial charge is 1.00 e. The maximum atomic E-state index is 8.44. The van der Waals surface area contributed by atoms with Crippen molar-refractivity contribution in [2.24, 2.45) is 0 Å². The first-order valence-electron chi connectivity index (χ1n) is 0.654. The van der Waals surface area contributed by atoms with E-state index in [0.717, 1.165) is 0 Å². The van der Waals surface area contributed by atoms with Crippen LogP contribution < -0.4 is 93.3 Å². The average Bonchev–Trinajstić information content (AvgIpc) is 1.41. The first-order valence-corrected chi connectivity index (χ1v) is 1.96. The van der Waals surface area contributed by atoms with E-state index in [2.05, 4.69) is 11.9 Å². The first-order chi connectivity index (χ1) is 2.73. The molecule has 0 rings (SSSR count). The van der Waals surface area contributed by atoms with Gasteiger partial charge in [-0.05, 0) is 0 Å². The molecule has 0 atom stereocenters. The Morgan fingerprint density at radius 1 is 1.00 bits per heavy atom. The summed E-state index contributed by atoms with van der Waals surface area (Å²) in [5.41, 5.74) is 0. The summed E-state index contributed by atoms with van der Waals surface area (Å²) in [4.78, 5) is 0. The molecule has 0 bridgehead atoms. The molecule has 0 aliphatic rings. The Balaban J connectivity index is -0.00000000990. The predicted molar refractivity (Wildman–Crippen MR) is 15.6 cm³/mol. The molecule has 40 valence electrons. The molecule has 0 spiro atoms. The van der Waals surface area contributed by atoms with E-state index in [9.17, 15) is 0 Å². The van der Waals surface area contributed by atoms with Crippen LogP contribution in [-0.4, -0.2) is 13.3 Å². The van der Waals surface area contributed by atoms with Gasteiger partial charge in [-0.3, -0.25) is 4.21 Å². The van der Waals surface area contributed by atoms with Gasteiger partial charge in [-0.1, -0.05) is 0 Å². The third kappa shape index (κ3) is 89.2. The van der Waals surface area contributed by atoms with Crippen LogP contribution in [-0.2, 0) is 11.4 Å². The number of hydrogen-bond donors (Lipinski definition) is 0. The van der Waals surface area contributed by atoms with Crippen LogP contribution in [0.1, 0.15) is 0 Å². The zero-order valence-corrected chi connectivity index (χ0v) is 13.0. The van der Waals surface area contributed by atoms with E-state index in [0.29, 0.717) is 0 Å². The number of rotatable bonds is 0. The van der Waals surface area contributed by atoms with Crippen molar-refractivity contribution in [2.75, 3.05) is 0 Å². The summed E-state index contributed by atoms with van der Waals surface area (Å²) in [5, 5.41) is 0. The maximum absolute atomic E-state index is 8.44. The minimum absolute atomic E-state index is 0. The van der Waals surface area contributed by atoms with Gasteiger partial charge in [0.1, 0.15) is 0 Å². The van der Waals surface area contributed by atoms with Gasteiger partial charge in [0.2, 0.25) is 0 Å². The SMILES string of the molecule is O=S([O-])[O-].[Na+].[Na+].[Na+].[O-]Cl. The Kier molecular flexibility index (Phi) is 98.8. The third-order valence-corrected chi connectivity index (χ3v) is 0. The minimum Gasteiger partial charge on any atom is -0.784 e. The van der Waals surface area contributed by atoms with E-state index < -0.39 is 11.4 Å². The van der Waals surface area contributed by atoms with Crippen molar-refractivity contribution in [2.45, 2.75) is 0 Å². The standard InChI is InChI=1S/ClO.3Na.H2O3S/c1-2;;;;1-4(2)3/h;;;;(H2,1,2,3)/q-1;3*+1;/p-2. The molecule has 0 heterocycles. The van der Waals surface area contributed by atoms with Gasteiger partial charge in [0.15, 0.2) is 0 Å². The van der Waals surface area contributed by atoms with Crippen molar-refractivity contribution in [1.29, 1.82) is 0 Å². The van der Waals surface area contributed by atoms with Gasteiger partial charge < -0.3 is 13.8 Å². The molecule has 9 heteroatoms. The fraction of sp³-hybridized carbons (Fsp3) is 0. The number of halogens is 1. The molecule has 0 fully saturated rings. The van der Waals surface area contributed by atoms with Crippen molar-refractivity contribution in [3.63, 3.8) is 0 Å². The summed E-state index contributed by atoms with van der Waals surface area (Å²) in [5.74, 6) is 0. The molecule has 0 unspecified atom stereocenters. The second kappa shape index (κ2) is 30.2. The zero-order chi connectivity index (χ0) is 5.58. The summed E-state index contributed by atoms with van der Waals surface area (Å²) in [6, 6.07) is 0. The topological polar surface area (TPSA) is 86.2 Å². The molecule has 9 heavy (non-hydrogen) atoms. The fourth-order valence-corrected chi connectivity index (χ4v) is 0. The second-order valence-electron chi connectivity index (χ2n) is 0.204. The molecule has 0 aromatic rings. The Labute approximate surface area is 127 Å². The van der Waals surface area contributed by atoms with Gasteiger partial charge in [0, 0.05) is 0 Å². The molecule has 0 aromatic carbocycles. The average molecular weight is 200 g/mol. The summed E-state index contributed by atoms with van der Waals surface area (Å²) >= 11 is 0.278. The van der Waals surface area contributed by atoms with Crippen molar-refractivity contribution in [3.8, 4) is 0 Å². The van der Waals surface area contributed by atoms with Crippen LogP contribution in [0, 0.1) is 0 Å². The molecule has 0 aliphatic heterocycles. The Bertz CT molecular complexity index is 38.8. The molecule has 0 N–H and O–H groups in total. The molecular formula is ClNa3O4S. The summed E-state index contributed by atoms with van der Waals surface area (Å²) in [7, 11) is 0. The summed E-state index contributed by atoms with van der Waals surface area (Å²) in [6.07, 6.45) is 0. The van der Waals surface area contributed by atoms with Gasteiger partial charge in [-0.2, -0.15) is 0 Å². The van der Waals surface area contributed by atoms with Gasteiger partial charge in [0.25, 0.3) is 0 Å². The third-order valence-electron chi connectivity index (χ3n) is 0. The van der Waals surface area contributed by atoms with Crippen molar-refractivity contribution in [3.05, 3.63) is 0 Å². The van der Waals surface area contributed by atoms with E-state index in [1.54, 1.807) is 0 Å². The Hall–Kier alpha value is 3.32. The monoisotopic (exact) mass is 200 g/mol. The summed E-state index contributed by atoms with van der Waals surface area (Å²) in [6.45, 7) is 0. The van der Waals surface area contributed by atoms with Crippen LogP contribution in [0.4, 0.5) is 0 Å². The van der Waals surface area contributed by atoms with E-state index in [-0.39, 0.29) is 88.7 Å². The van der Waals surface area contributed by atoms with Crippen LogP contribution >= 0.6 is 11.9 Å². The van der Waals surface area contributed by atoms with Crippen LogP contribution in [0.3, 0.4) is 0 Å². The Morgan fingerprint density at radius 2 is 1.00 bits per heavy atom. The number of hydrogen-bond acceptors (Lipinski definition) is 4. The maximum Gasteiger partial charge on any atom is 1.00 e. The molecule has 0 saturated heterocycles. The smallest absolute Gasteiger partial charge is 0.784 e. The van der Waals surface area contributed by atoms with E-state index in [1.165, 1.54) is 0 Å². The molecular weight excluding hydrogens is 200 g/mol. The van der Waals surface area contributed by atoms with Crippen molar-refractivity contribution >= 4 is 23.2 Å². The molecule has 0 aromatic heterocycles. The molecule has 4 nitrogen and oxygen atoms in total. The van der Waals surface area contributed by atoms with Crippen LogP contribution in [0.5, 0.6) is 0 Å². The summed E-state index contributed by atoms with van der Waals surface area (Å²) < 4.78 is 33.1. The second-order valence-corrected chi connectivity index (χ2v) is 0.612. The van der Waals surface area contributed by atoms with Crippen molar-refractivity contribution < 1.29 is 107 Å². The minimum atomic E-state index is -3.11. The molecule has 0 amide bonds. The van der Waals surface area contributed by atoms with Crippen LogP contribution in [0.15, 0.2) is 0 Å². The van der Waals surface area contributed by atoms with Gasteiger partial charge >= 0.3 is 88.7 Å². The van der Waals surface area contributed by atoms with Gasteiger partial charge in [-0.15, -0.1) is 11.4 Å². The zero-order valence-electron chi connectivity index (χ0n) is 5.42. The van der Waals surface area contributed by atoms with Gasteiger partial charge in [0.05, 0.1) is 0 Å².